The number of imidazole rings is 1. The topological polar surface area (TPSA) is 145 Å². The van der Waals surface area contributed by atoms with Gasteiger partial charge >= 0.3 is 6.09 Å². The fourth-order valence-corrected chi connectivity index (χ4v) is 7.56. The van der Waals surface area contributed by atoms with Crippen LogP contribution in [0.15, 0.2) is 18.5 Å². The Morgan fingerprint density at radius 2 is 2.05 bits per heavy atom. The Hall–Kier alpha value is -3.75. The van der Waals surface area contributed by atoms with Gasteiger partial charge in [0.2, 0.25) is 11.8 Å². The summed E-state index contributed by atoms with van der Waals surface area (Å²) in [5, 5.41) is 8.78. The molecule has 4 fully saturated rings. The molecule has 3 aromatic heterocycles. The van der Waals surface area contributed by atoms with Crippen LogP contribution in [0.5, 0.6) is 0 Å². The highest BCUT2D eigenvalue weighted by Crippen LogP contribution is 2.66. The number of hydrogen-bond acceptors (Lipinski definition) is 9. The Bertz CT molecular complexity index is 1640. The van der Waals surface area contributed by atoms with Crippen LogP contribution in [0, 0.1) is 29.1 Å². The summed E-state index contributed by atoms with van der Waals surface area (Å²) in [6.07, 6.45) is 16.1. The van der Waals surface area contributed by atoms with Crippen molar-refractivity contribution in [2.24, 2.45) is 17.1 Å². The highest BCUT2D eigenvalue weighted by Gasteiger charge is 2.59. The van der Waals surface area contributed by atoms with Crippen molar-refractivity contribution in [1.29, 1.82) is 5.41 Å². The summed E-state index contributed by atoms with van der Waals surface area (Å²) >= 11 is 6.38. The molecule has 1 aliphatic heterocycles. The summed E-state index contributed by atoms with van der Waals surface area (Å²) in [5.74, 6) is 3.47. The van der Waals surface area contributed by atoms with Crippen molar-refractivity contribution < 1.29 is 14.3 Å². The quantitative estimate of drug-likeness (QED) is 0.244. The number of primary amides is 1. The van der Waals surface area contributed by atoms with Gasteiger partial charge in [0.05, 0.1) is 23.3 Å². The van der Waals surface area contributed by atoms with Crippen LogP contribution in [0.3, 0.4) is 0 Å². The molecule has 7 rings (SSSR count). The first kappa shape index (κ1) is 27.1. The van der Waals surface area contributed by atoms with E-state index in [0.717, 1.165) is 62.8 Å². The van der Waals surface area contributed by atoms with Crippen LogP contribution in [0.4, 0.5) is 10.7 Å². The zero-order chi connectivity index (χ0) is 29.2. The number of amides is 1. The number of carbonyl (C=O) groups is 1. The number of rotatable bonds is 5. The molecule has 3 aromatic rings. The van der Waals surface area contributed by atoms with Crippen LogP contribution in [-0.2, 0) is 9.47 Å². The number of nitrogens with zero attached hydrogens (tertiary/aromatic N) is 6. The number of carbonyl (C=O) groups excluding carboxylic acids is 1. The van der Waals surface area contributed by atoms with Gasteiger partial charge in [-0.05, 0) is 62.8 Å². The van der Waals surface area contributed by atoms with Crippen LogP contribution in [0.2, 0.25) is 5.02 Å². The molecule has 3 aliphatic carbocycles. The number of hydrogen-bond donors (Lipinski definition) is 2. The second kappa shape index (κ2) is 9.92. The van der Waals surface area contributed by atoms with Crippen molar-refractivity contribution in [3.8, 4) is 23.6 Å². The number of nitrogens with one attached hydrogen (secondary N) is 1. The third kappa shape index (κ3) is 4.39. The lowest BCUT2D eigenvalue weighted by Gasteiger charge is -2.42. The van der Waals surface area contributed by atoms with Crippen molar-refractivity contribution in [3.63, 3.8) is 0 Å². The highest BCUT2D eigenvalue weighted by molar-refractivity contribution is 6.30. The minimum Gasteiger partial charge on any atom is -0.388 e. The predicted molar refractivity (Wildman–Crippen MR) is 157 cm³/mol. The van der Waals surface area contributed by atoms with E-state index in [2.05, 4.69) is 32.3 Å². The molecule has 12 heteroatoms. The first-order valence-corrected chi connectivity index (χ1v) is 15.0. The van der Waals surface area contributed by atoms with E-state index < -0.39 is 12.0 Å². The second-order valence-electron chi connectivity index (χ2n) is 12.0. The summed E-state index contributed by atoms with van der Waals surface area (Å²) < 4.78 is 13.5. The smallest absolute Gasteiger partial charge is 0.388 e. The van der Waals surface area contributed by atoms with E-state index in [0.29, 0.717) is 41.0 Å². The van der Waals surface area contributed by atoms with E-state index in [1.807, 2.05) is 0 Å². The lowest BCUT2D eigenvalue weighted by Crippen LogP contribution is -2.53. The van der Waals surface area contributed by atoms with Crippen LogP contribution in [0.25, 0.3) is 22.4 Å². The van der Waals surface area contributed by atoms with E-state index in [1.54, 1.807) is 18.5 Å². The van der Waals surface area contributed by atoms with Gasteiger partial charge in [-0.25, -0.2) is 14.8 Å². The maximum atomic E-state index is 11.5. The standard InChI is InChI=1S/C30H33ClN8O3/c1-3-17-5-7-29(8-6-17)14-21(29)39-23-22(18-13-19(31)16-34-15-18)35-26(24(32)42-27(33)40)36-25(23)37-28(39)38-11-12-41-30(9-10-30)20(38)4-2/h1,13,15-17,20-21,32H,4-12,14H2,2H3,(H2,33,40)/t17?,20-,21?,29?/m1/s1. The molecule has 2 spiro atoms. The highest BCUT2D eigenvalue weighted by atomic mass is 35.5. The monoisotopic (exact) mass is 588 g/mol. The molecule has 218 valence electrons. The zero-order valence-electron chi connectivity index (χ0n) is 23.5. The molecule has 42 heavy (non-hydrogen) atoms. The van der Waals surface area contributed by atoms with E-state index in [4.69, 9.17) is 48.6 Å². The molecular formula is C30H33ClN8O3. The Labute approximate surface area is 248 Å². The Balaban J connectivity index is 1.44. The molecule has 4 heterocycles. The maximum absolute atomic E-state index is 11.5. The first-order chi connectivity index (χ1) is 20.3. The van der Waals surface area contributed by atoms with Crippen LogP contribution >= 0.6 is 11.6 Å². The fraction of sp³-hybridized carbons (Fsp3) is 0.533. The molecule has 1 saturated heterocycles. The summed E-state index contributed by atoms with van der Waals surface area (Å²) in [4.78, 5) is 32.7. The molecule has 0 aromatic carbocycles. The van der Waals surface area contributed by atoms with Crippen LogP contribution in [0.1, 0.15) is 70.2 Å². The molecule has 1 amide bonds. The van der Waals surface area contributed by atoms with Gasteiger partial charge in [0.1, 0.15) is 11.2 Å². The van der Waals surface area contributed by atoms with Gasteiger partial charge in [-0.2, -0.15) is 4.98 Å². The average molecular weight is 589 g/mol. The SMILES string of the molecule is C#CC1CCC2(CC1)CC2n1c(N2CCOC3(CC3)[C@H]2CC)nc2nc(C(=N)OC(N)=O)nc(-c3cncc(Cl)c3)c21. The number of fused-ring (bicyclic) bond motifs is 1. The van der Waals surface area contributed by atoms with Crippen LogP contribution < -0.4 is 10.6 Å². The summed E-state index contributed by atoms with van der Waals surface area (Å²) in [6, 6.07) is 2.14. The number of pyridine rings is 1. The lowest BCUT2D eigenvalue weighted by molar-refractivity contribution is -0.0112. The minimum absolute atomic E-state index is 0.0970. The van der Waals surface area contributed by atoms with Gasteiger partial charge in [-0.15, -0.1) is 12.3 Å². The summed E-state index contributed by atoms with van der Waals surface area (Å²) in [7, 11) is 0. The molecule has 11 nitrogen and oxygen atoms in total. The third-order valence-corrected chi connectivity index (χ3v) is 9.89. The van der Waals surface area contributed by atoms with Crippen molar-refractivity contribution in [2.45, 2.75) is 76.0 Å². The third-order valence-electron chi connectivity index (χ3n) is 9.68. The van der Waals surface area contributed by atoms with Crippen LogP contribution in [-0.4, -0.2) is 61.3 Å². The predicted octanol–water partition coefficient (Wildman–Crippen LogP) is 4.86. The molecule has 0 radical (unpaired) electrons. The molecule has 3 N–H and O–H groups in total. The number of halogens is 1. The average Bonchev–Trinajstić information content (AvgIpc) is 3.86. The molecule has 3 saturated carbocycles. The minimum atomic E-state index is -1.11. The molecule has 4 aliphatic rings. The maximum Gasteiger partial charge on any atom is 0.411 e. The van der Waals surface area contributed by atoms with Crippen molar-refractivity contribution in [1.82, 2.24) is 24.5 Å². The fourth-order valence-electron chi connectivity index (χ4n) is 7.38. The first-order valence-electron chi connectivity index (χ1n) is 14.6. The Morgan fingerprint density at radius 1 is 1.26 bits per heavy atom. The summed E-state index contributed by atoms with van der Waals surface area (Å²) in [6.45, 7) is 3.53. The number of nitrogens with two attached hydrogens (primary N) is 1. The molecule has 0 bridgehead atoms. The van der Waals surface area contributed by atoms with E-state index in [1.165, 1.54) is 0 Å². The largest absolute Gasteiger partial charge is 0.411 e. The molecule has 2 atom stereocenters. The number of ether oxygens (including phenoxy) is 2. The van der Waals surface area contributed by atoms with Crippen molar-refractivity contribution in [3.05, 3.63) is 29.3 Å². The van der Waals surface area contributed by atoms with Gasteiger partial charge in [-0.3, -0.25) is 10.4 Å². The normalized spacial score (nSPS) is 27.6. The summed E-state index contributed by atoms with van der Waals surface area (Å²) in [5.41, 5.74) is 7.52. The zero-order valence-corrected chi connectivity index (χ0v) is 24.2. The molecule has 1 unspecified atom stereocenters. The number of anilines is 1. The van der Waals surface area contributed by atoms with Gasteiger partial charge in [-0.1, -0.05) is 18.5 Å². The molecular weight excluding hydrogens is 556 g/mol. The van der Waals surface area contributed by atoms with Gasteiger partial charge in [0.25, 0.3) is 5.90 Å². The Morgan fingerprint density at radius 3 is 2.71 bits per heavy atom. The number of terminal acetylenes is 1. The number of morpholine rings is 1. The van der Waals surface area contributed by atoms with Gasteiger partial charge in [0, 0.05) is 36.5 Å². The second-order valence-corrected chi connectivity index (χ2v) is 12.5. The number of aromatic nitrogens is 5. The van der Waals surface area contributed by atoms with Gasteiger partial charge < -0.3 is 24.7 Å². The van der Waals surface area contributed by atoms with E-state index in [9.17, 15) is 4.79 Å². The van der Waals surface area contributed by atoms with Crippen molar-refractivity contribution in [2.75, 3.05) is 18.1 Å². The van der Waals surface area contributed by atoms with Gasteiger partial charge in [0.15, 0.2) is 5.65 Å². The Kier molecular flexibility index (Phi) is 6.40. The van der Waals surface area contributed by atoms with E-state index in [-0.39, 0.29) is 28.9 Å². The lowest BCUT2D eigenvalue weighted by atomic mass is 9.79. The van der Waals surface area contributed by atoms with E-state index >= 15 is 0 Å². The van der Waals surface area contributed by atoms with Crippen molar-refractivity contribution >= 4 is 40.7 Å².